The minimum atomic E-state index is -0.421. The molecule has 0 saturated carbocycles. The van der Waals surface area contributed by atoms with Crippen LogP contribution in [0.5, 0.6) is 5.75 Å². The lowest BCUT2D eigenvalue weighted by Gasteiger charge is -2.22. The van der Waals surface area contributed by atoms with Crippen molar-refractivity contribution in [3.63, 3.8) is 0 Å². The van der Waals surface area contributed by atoms with Gasteiger partial charge >= 0.3 is 0 Å². The number of aromatic nitrogens is 1. The number of nitro groups is 1. The van der Waals surface area contributed by atoms with Gasteiger partial charge in [0.2, 0.25) is 0 Å². The third-order valence-electron chi connectivity index (χ3n) is 5.76. The lowest BCUT2D eigenvalue weighted by molar-refractivity contribution is -0.384. The fraction of sp³-hybridized carbons (Fsp3) is 0.333. The summed E-state index contributed by atoms with van der Waals surface area (Å²) in [6, 6.07) is 12.2. The lowest BCUT2D eigenvalue weighted by atomic mass is 10.1. The van der Waals surface area contributed by atoms with E-state index >= 15 is 0 Å². The van der Waals surface area contributed by atoms with Crippen LogP contribution in [-0.2, 0) is 0 Å². The molecule has 0 aliphatic carbocycles. The van der Waals surface area contributed by atoms with Crippen molar-refractivity contribution in [2.45, 2.75) is 32.6 Å². The monoisotopic (exact) mass is 466 g/mol. The number of amides is 1. The summed E-state index contributed by atoms with van der Waals surface area (Å²) in [6.45, 7) is 3.52. The van der Waals surface area contributed by atoms with Crippen LogP contribution in [0.4, 0.5) is 16.5 Å². The van der Waals surface area contributed by atoms with Gasteiger partial charge in [-0.1, -0.05) is 12.8 Å². The number of methoxy groups -OCH3 is 1. The van der Waals surface area contributed by atoms with Crippen LogP contribution in [0, 0.1) is 17.0 Å². The average Bonchev–Trinajstić information content (AvgIpc) is 3.01. The molecule has 2 heterocycles. The first-order valence-corrected chi connectivity index (χ1v) is 11.7. The first-order chi connectivity index (χ1) is 16.0. The molecule has 8 nitrogen and oxygen atoms in total. The normalized spacial score (nSPS) is 13.9. The minimum absolute atomic E-state index is 0.0428. The van der Waals surface area contributed by atoms with Crippen LogP contribution in [-0.4, -0.2) is 36.0 Å². The Hall–Kier alpha value is -3.46. The average molecular weight is 467 g/mol. The molecule has 1 fully saturated rings. The number of carbonyl (C=O) groups is 1. The molecule has 0 unspecified atom stereocenters. The molecule has 2 aromatic carbocycles. The van der Waals surface area contributed by atoms with Gasteiger partial charge < -0.3 is 9.64 Å². The highest BCUT2D eigenvalue weighted by molar-refractivity contribution is 7.16. The molecule has 1 aliphatic rings. The van der Waals surface area contributed by atoms with Gasteiger partial charge in [-0.05, 0) is 56.2 Å². The van der Waals surface area contributed by atoms with Crippen LogP contribution < -0.4 is 15.0 Å². The third-order valence-corrected chi connectivity index (χ3v) is 6.65. The second-order valence-corrected chi connectivity index (χ2v) is 9.17. The number of nitro benzene ring substituents is 1. The molecule has 0 spiro atoms. The van der Waals surface area contributed by atoms with Crippen molar-refractivity contribution in [1.82, 2.24) is 4.98 Å². The van der Waals surface area contributed by atoms with Crippen LogP contribution in [0.1, 0.15) is 40.9 Å². The van der Waals surface area contributed by atoms with Crippen molar-refractivity contribution >= 4 is 33.8 Å². The maximum absolute atomic E-state index is 12.9. The van der Waals surface area contributed by atoms with Crippen LogP contribution in [0.25, 0.3) is 11.3 Å². The van der Waals surface area contributed by atoms with Gasteiger partial charge in [-0.2, -0.15) is 0 Å². The summed E-state index contributed by atoms with van der Waals surface area (Å²) in [5.41, 5.74) is 2.46. The van der Waals surface area contributed by atoms with Gasteiger partial charge in [-0.15, -0.1) is 11.3 Å². The van der Waals surface area contributed by atoms with Crippen molar-refractivity contribution in [2.24, 2.45) is 0 Å². The van der Waals surface area contributed by atoms with Crippen LogP contribution in [0.3, 0.4) is 0 Å². The second-order valence-electron chi connectivity index (χ2n) is 7.97. The summed E-state index contributed by atoms with van der Waals surface area (Å²) in [5, 5.41) is 15.0. The smallest absolute Gasteiger partial charge is 0.293 e. The number of nitrogens with one attached hydrogen (secondary N) is 1. The van der Waals surface area contributed by atoms with Crippen LogP contribution in [0.2, 0.25) is 0 Å². The fourth-order valence-corrected chi connectivity index (χ4v) is 4.86. The molecule has 0 radical (unpaired) electrons. The number of nitrogens with zero attached hydrogens (tertiary/aromatic N) is 3. The Bertz CT molecular complexity index is 1150. The number of carbonyl (C=O) groups excluding carboxylic acids is 1. The summed E-state index contributed by atoms with van der Waals surface area (Å²) in [4.78, 5) is 31.8. The maximum Gasteiger partial charge on any atom is 0.293 e. The van der Waals surface area contributed by atoms with E-state index in [0.717, 1.165) is 60.7 Å². The highest BCUT2D eigenvalue weighted by Crippen LogP contribution is 2.33. The summed E-state index contributed by atoms with van der Waals surface area (Å²) in [6.07, 6.45) is 4.30. The predicted octanol–water partition coefficient (Wildman–Crippen LogP) is 5.67. The molecule has 4 rings (SSSR count). The van der Waals surface area contributed by atoms with Gasteiger partial charge in [0, 0.05) is 35.2 Å². The van der Waals surface area contributed by atoms with Crippen LogP contribution >= 0.6 is 11.3 Å². The van der Waals surface area contributed by atoms with Crippen molar-refractivity contribution in [1.29, 1.82) is 0 Å². The summed E-state index contributed by atoms with van der Waals surface area (Å²) >= 11 is 1.36. The number of hydrogen-bond donors (Lipinski definition) is 1. The Labute approximate surface area is 196 Å². The second kappa shape index (κ2) is 9.99. The Morgan fingerprint density at radius 1 is 1.12 bits per heavy atom. The quantitative estimate of drug-likeness (QED) is 0.371. The van der Waals surface area contributed by atoms with E-state index in [1.807, 2.05) is 31.2 Å². The summed E-state index contributed by atoms with van der Waals surface area (Å²) in [5.74, 6) is 0.334. The number of ether oxygens (including phenoxy) is 1. The summed E-state index contributed by atoms with van der Waals surface area (Å²) < 4.78 is 5.20. The molecule has 1 aliphatic heterocycles. The molecule has 1 amide bonds. The first kappa shape index (κ1) is 22.7. The van der Waals surface area contributed by atoms with E-state index in [1.54, 1.807) is 19.2 Å². The zero-order valence-electron chi connectivity index (χ0n) is 18.7. The van der Waals surface area contributed by atoms with E-state index in [1.165, 1.54) is 17.4 Å². The summed E-state index contributed by atoms with van der Waals surface area (Å²) in [7, 11) is 1.61. The zero-order chi connectivity index (χ0) is 23.4. The number of hydrogen-bond acceptors (Lipinski definition) is 7. The molecule has 0 bridgehead atoms. The third kappa shape index (κ3) is 5.14. The van der Waals surface area contributed by atoms with Gasteiger partial charge in [0.15, 0.2) is 5.13 Å². The predicted molar refractivity (Wildman–Crippen MR) is 131 cm³/mol. The highest BCUT2D eigenvalue weighted by Gasteiger charge is 2.23. The van der Waals surface area contributed by atoms with Crippen molar-refractivity contribution in [3.05, 3.63) is 63.0 Å². The topological polar surface area (TPSA) is 97.6 Å². The van der Waals surface area contributed by atoms with Crippen LogP contribution in [0.15, 0.2) is 42.5 Å². The molecule has 0 atom stereocenters. The SMILES string of the molecule is COc1ccc(-c2nc(NC(=O)c3ccc(N4CCCCCC4)c([N+](=O)[O-])c3)sc2C)cc1. The lowest BCUT2D eigenvalue weighted by Crippen LogP contribution is -2.25. The molecule has 9 heteroatoms. The van der Waals surface area contributed by atoms with Gasteiger partial charge in [0.05, 0.1) is 17.7 Å². The number of thiazole rings is 1. The van der Waals surface area contributed by atoms with Gasteiger partial charge in [0.1, 0.15) is 11.4 Å². The van der Waals surface area contributed by atoms with Gasteiger partial charge in [-0.25, -0.2) is 4.98 Å². The standard InChI is InChI=1S/C24H26N4O4S/c1-16-22(17-7-10-19(32-2)11-8-17)25-24(33-16)26-23(29)18-9-12-20(21(15-18)28(30)31)27-13-5-3-4-6-14-27/h7-12,15H,3-6,13-14H2,1-2H3,(H,25,26,29). The Balaban J connectivity index is 1.54. The largest absolute Gasteiger partial charge is 0.497 e. The molecule has 1 N–H and O–H groups in total. The Kier molecular flexibility index (Phi) is 6.88. The molecular weight excluding hydrogens is 440 g/mol. The number of anilines is 2. The van der Waals surface area contributed by atoms with Crippen molar-refractivity contribution in [2.75, 3.05) is 30.4 Å². The Morgan fingerprint density at radius 3 is 2.45 bits per heavy atom. The van der Waals surface area contributed by atoms with E-state index in [9.17, 15) is 14.9 Å². The molecular formula is C24H26N4O4S. The minimum Gasteiger partial charge on any atom is -0.497 e. The maximum atomic E-state index is 12.9. The van der Waals surface area contributed by atoms with E-state index in [0.29, 0.717) is 10.8 Å². The number of rotatable bonds is 6. The van der Waals surface area contributed by atoms with E-state index in [-0.39, 0.29) is 11.3 Å². The van der Waals surface area contributed by atoms with Crippen molar-refractivity contribution < 1.29 is 14.5 Å². The molecule has 1 aromatic heterocycles. The fourth-order valence-electron chi connectivity index (χ4n) is 4.03. The van der Waals surface area contributed by atoms with E-state index in [2.05, 4.69) is 15.2 Å². The number of benzene rings is 2. The molecule has 33 heavy (non-hydrogen) atoms. The molecule has 1 saturated heterocycles. The Morgan fingerprint density at radius 2 is 1.82 bits per heavy atom. The van der Waals surface area contributed by atoms with E-state index < -0.39 is 10.8 Å². The van der Waals surface area contributed by atoms with E-state index in [4.69, 9.17) is 4.74 Å². The first-order valence-electron chi connectivity index (χ1n) is 10.9. The highest BCUT2D eigenvalue weighted by atomic mass is 32.1. The molecule has 172 valence electrons. The molecule has 3 aromatic rings. The van der Waals surface area contributed by atoms with Crippen molar-refractivity contribution in [3.8, 4) is 17.0 Å². The van der Waals surface area contributed by atoms with Gasteiger partial charge in [-0.3, -0.25) is 20.2 Å². The number of aryl methyl sites for hydroxylation is 1. The van der Waals surface area contributed by atoms with Gasteiger partial charge in [0.25, 0.3) is 11.6 Å². The zero-order valence-corrected chi connectivity index (χ0v) is 19.5.